The molecule has 162 valence electrons. The topological polar surface area (TPSA) is 139 Å². The number of aryl methyl sites for hydroxylation is 1. The van der Waals surface area contributed by atoms with E-state index in [4.69, 9.17) is 9.15 Å². The number of nitro groups is 1. The second kappa shape index (κ2) is 9.14. The van der Waals surface area contributed by atoms with Crippen LogP contribution in [0.5, 0.6) is 0 Å². The fourth-order valence-electron chi connectivity index (χ4n) is 3.27. The highest BCUT2D eigenvalue weighted by molar-refractivity contribution is 6.15. The fourth-order valence-corrected chi connectivity index (χ4v) is 3.27. The molecule has 0 aliphatic heterocycles. The molecule has 9 nitrogen and oxygen atoms in total. The number of rotatable bonds is 7. The monoisotopic (exact) mass is 433 g/mol. The molecule has 9 heteroatoms. The normalized spacial score (nSPS) is 11.1. The number of nitriles is 1. The van der Waals surface area contributed by atoms with Crippen molar-refractivity contribution >= 4 is 23.5 Å². The second-order valence-corrected chi connectivity index (χ2v) is 6.85. The van der Waals surface area contributed by atoms with Crippen molar-refractivity contribution in [2.75, 3.05) is 6.61 Å². The van der Waals surface area contributed by atoms with Crippen molar-refractivity contribution in [3.63, 3.8) is 0 Å². The van der Waals surface area contributed by atoms with Crippen molar-refractivity contribution in [1.82, 2.24) is 4.98 Å². The lowest BCUT2D eigenvalue weighted by atomic mass is 10.0. The number of ketones is 1. The number of Topliss-reactive ketones (excluding diaryl/α,β-unsaturated/α-hetero) is 1. The summed E-state index contributed by atoms with van der Waals surface area (Å²) in [4.78, 5) is 38.4. The summed E-state index contributed by atoms with van der Waals surface area (Å²) in [5.41, 5.74) is 1.43. The molecular weight excluding hydrogens is 414 g/mol. The molecule has 1 N–H and O–H groups in total. The molecule has 2 heterocycles. The number of H-pyrrole nitrogens is 1. The minimum Gasteiger partial charge on any atom is -0.462 e. The Hall–Kier alpha value is -4.45. The lowest BCUT2D eigenvalue weighted by Crippen LogP contribution is -2.08. The predicted molar refractivity (Wildman–Crippen MR) is 115 cm³/mol. The van der Waals surface area contributed by atoms with Crippen LogP contribution in [-0.4, -0.2) is 28.3 Å². The molecule has 0 fully saturated rings. The SMILES string of the molecule is CCOC(=O)c1c(C)[nH]c(C(=O)/C(C#N)=C/c2ccc(-c3cccc([N+](=O)[O-])c3)o2)c1C. The molecule has 0 atom stereocenters. The number of ether oxygens (including phenoxy) is 1. The van der Waals surface area contributed by atoms with Crippen molar-refractivity contribution in [2.45, 2.75) is 20.8 Å². The Kier molecular flexibility index (Phi) is 6.35. The summed E-state index contributed by atoms with van der Waals surface area (Å²) >= 11 is 0. The van der Waals surface area contributed by atoms with E-state index < -0.39 is 16.7 Å². The maximum atomic E-state index is 13.0. The number of carbonyl (C=O) groups is 2. The van der Waals surface area contributed by atoms with E-state index in [1.807, 2.05) is 6.07 Å². The van der Waals surface area contributed by atoms with E-state index in [9.17, 15) is 25.0 Å². The average molecular weight is 433 g/mol. The van der Waals surface area contributed by atoms with Gasteiger partial charge in [-0.15, -0.1) is 0 Å². The number of hydrogen-bond acceptors (Lipinski definition) is 7. The highest BCUT2D eigenvalue weighted by Crippen LogP contribution is 2.27. The van der Waals surface area contributed by atoms with Gasteiger partial charge in [0.25, 0.3) is 5.69 Å². The minimum atomic E-state index is -0.600. The summed E-state index contributed by atoms with van der Waals surface area (Å²) in [6.07, 6.45) is 1.28. The highest BCUT2D eigenvalue weighted by atomic mass is 16.6. The van der Waals surface area contributed by atoms with Gasteiger partial charge < -0.3 is 14.1 Å². The summed E-state index contributed by atoms with van der Waals surface area (Å²) in [6.45, 7) is 5.12. The van der Waals surface area contributed by atoms with Crippen LogP contribution in [0.2, 0.25) is 0 Å². The Labute approximate surface area is 183 Å². The first-order valence-corrected chi connectivity index (χ1v) is 9.64. The minimum absolute atomic E-state index is 0.0844. The lowest BCUT2D eigenvalue weighted by molar-refractivity contribution is -0.384. The van der Waals surface area contributed by atoms with Crippen LogP contribution in [0.3, 0.4) is 0 Å². The quantitative estimate of drug-likeness (QED) is 0.141. The fraction of sp³-hybridized carbons (Fsp3) is 0.174. The van der Waals surface area contributed by atoms with Crippen LogP contribution in [0.15, 0.2) is 46.4 Å². The standard InChI is InChI=1S/C23H19N3O6/c1-4-31-23(28)20-13(2)21(25-14(20)3)22(27)16(12-24)11-18-8-9-19(32-18)15-6-5-7-17(10-15)26(29)30/h5-11,25H,4H2,1-3H3/b16-11+. The Morgan fingerprint density at radius 1 is 1.28 bits per heavy atom. The summed E-state index contributed by atoms with van der Waals surface area (Å²) in [7, 11) is 0. The molecule has 0 amide bonds. The van der Waals surface area contributed by atoms with E-state index >= 15 is 0 Å². The molecule has 2 aromatic heterocycles. The molecule has 0 bridgehead atoms. The van der Waals surface area contributed by atoms with E-state index in [1.165, 1.54) is 24.3 Å². The maximum Gasteiger partial charge on any atom is 0.340 e. The molecule has 0 saturated carbocycles. The number of non-ortho nitro benzene ring substituents is 1. The van der Waals surface area contributed by atoms with Gasteiger partial charge in [-0.3, -0.25) is 14.9 Å². The number of carbonyl (C=O) groups excluding carboxylic acids is 2. The first-order valence-electron chi connectivity index (χ1n) is 9.64. The van der Waals surface area contributed by atoms with Crippen LogP contribution < -0.4 is 0 Å². The van der Waals surface area contributed by atoms with E-state index in [0.29, 0.717) is 22.6 Å². The number of aromatic amines is 1. The van der Waals surface area contributed by atoms with Gasteiger partial charge >= 0.3 is 5.97 Å². The number of hydrogen-bond donors (Lipinski definition) is 1. The van der Waals surface area contributed by atoms with Gasteiger partial charge in [0.1, 0.15) is 23.2 Å². The van der Waals surface area contributed by atoms with Gasteiger partial charge in [0, 0.05) is 29.5 Å². The van der Waals surface area contributed by atoms with Gasteiger partial charge in [0.05, 0.1) is 22.8 Å². The van der Waals surface area contributed by atoms with Gasteiger partial charge in [-0.05, 0) is 38.5 Å². The van der Waals surface area contributed by atoms with Gasteiger partial charge in [0.15, 0.2) is 0 Å². The number of nitrogens with zero attached hydrogens (tertiary/aromatic N) is 2. The summed E-state index contributed by atoms with van der Waals surface area (Å²) in [6, 6.07) is 10.9. The summed E-state index contributed by atoms with van der Waals surface area (Å²) in [5.74, 6) is -0.575. The third-order valence-electron chi connectivity index (χ3n) is 4.76. The third kappa shape index (κ3) is 4.34. The van der Waals surface area contributed by atoms with Crippen molar-refractivity contribution in [2.24, 2.45) is 0 Å². The van der Waals surface area contributed by atoms with Crippen LogP contribution in [0.4, 0.5) is 5.69 Å². The Morgan fingerprint density at radius 3 is 2.69 bits per heavy atom. The van der Waals surface area contributed by atoms with Crippen molar-refractivity contribution in [3.8, 4) is 17.4 Å². The number of nitro benzene ring substituents is 1. The van der Waals surface area contributed by atoms with Crippen LogP contribution in [0.1, 0.15) is 44.8 Å². The van der Waals surface area contributed by atoms with Crippen LogP contribution in [0.25, 0.3) is 17.4 Å². The van der Waals surface area contributed by atoms with Crippen molar-refractivity contribution < 1.29 is 23.7 Å². The molecule has 1 aromatic carbocycles. The molecule has 0 saturated heterocycles. The van der Waals surface area contributed by atoms with Gasteiger partial charge in [-0.1, -0.05) is 12.1 Å². The van der Waals surface area contributed by atoms with Gasteiger partial charge in [0.2, 0.25) is 5.78 Å². The number of benzene rings is 1. The zero-order chi connectivity index (χ0) is 23.4. The highest BCUT2D eigenvalue weighted by Gasteiger charge is 2.25. The van der Waals surface area contributed by atoms with E-state index in [2.05, 4.69) is 4.98 Å². The molecule has 0 spiro atoms. The van der Waals surface area contributed by atoms with Gasteiger partial charge in [-0.2, -0.15) is 5.26 Å². The average Bonchev–Trinajstić information content (AvgIpc) is 3.35. The zero-order valence-corrected chi connectivity index (χ0v) is 17.6. The molecule has 3 aromatic rings. The summed E-state index contributed by atoms with van der Waals surface area (Å²) < 4.78 is 10.7. The smallest absolute Gasteiger partial charge is 0.340 e. The lowest BCUT2D eigenvalue weighted by Gasteiger charge is -2.02. The number of aromatic nitrogens is 1. The largest absolute Gasteiger partial charge is 0.462 e. The number of nitrogens with one attached hydrogen (secondary N) is 1. The van der Waals surface area contributed by atoms with Crippen molar-refractivity contribution in [3.05, 3.63) is 80.4 Å². The van der Waals surface area contributed by atoms with Crippen LogP contribution in [0, 0.1) is 35.3 Å². The molecule has 0 aliphatic carbocycles. The van der Waals surface area contributed by atoms with E-state index in [-0.39, 0.29) is 34.9 Å². The van der Waals surface area contributed by atoms with Crippen molar-refractivity contribution in [1.29, 1.82) is 5.26 Å². The molecular formula is C23H19N3O6. The Morgan fingerprint density at radius 2 is 2.03 bits per heavy atom. The predicted octanol–water partition coefficient (Wildman–Crippen LogP) is 4.77. The molecule has 0 radical (unpaired) electrons. The zero-order valence-electron chi connectivity index (χ0n) is 17.6. The Balaban J connectivity index is 1.93. The molecule has 3 rings (SSSR count). The van der Waals surface area contributed by atoms with Crippen LogP contribution in [-0.2, 0) is 4.74 Å². The van der Waals surface area contributed by atoms with Gasteiger partial charge in [-0.25, -0.2) is 4.79 Å². The molecule has 0 unspecified atom stereocenters. The third-order valence-corrected chi connectivity index (χ3v) is 4.76. The van der Waals surface area contributed by atoms with Crippen LogP contribution >= 0.6 is 0 Å². The Bertz CT molecular complexity index is 1290. The molecule has 32 heavy (non-hydrogen) atoms. The maximum absolute atomic E-state index is 13.0. The second-order valence-electron chi connectivity index (χ2n) is 6.85. The first-order chi connectivity index (χ1) is 15.3. The number of allylic oxidation sites excluding steroid dienone is 1. The number of furan rings is 1. The van der Waals surface area contributed by atoms with E-state index in [1.54, 1.807) is 39.0 Å². The van der Waals surface area contributed by atoms with E-state index in [0.717, 1.165) is 0 Å². The first kappa shape index (κ1) is 22.2. The number of esters is 1. The molecule has 0 aliphatic rings. The summed E-state index contributed by atoms with van der Waals surface area (Å²) in [5, 5.41) is 20.5.